The van der Waals surface area contributed by atoms with Gasteiger partial charge < -0.3 is 10.1 Å². The third-order valence-electron chi connectivity index (χ3n) is 3.90. The summed E-state index contributed by atoms with van der Waals surface area (Å²) in [5.74, 6) is 0.583. The maximum Gasteiger partial charge on any atom is 0.260 e. The molecule has 0 radical (unpaired) electrons. The van der Waals surface area contributed by atoms with Gasteiger partial charge in [-0.2, -0.15) is 5.10 Å². The van der Waals surface area contributed by atoms with Gasteiger partial charge in [0.2, 0.25) is 0 Å². The molecule has 1 heterocycles. The molecule has 24 heavy (non-hydrogen) atoms. The number of carbonyl (C=O) groups is 1. The molecule has 0 saturated carbocycles. The van der Waals surface area contributed by atoms with Crippen molar-refractivity contribution in [2.75, 3.05) is 6.54 Å². The van der Waals surface area contributed by atoms with Gasteiger partial charge in [-0.1, -0.05) is 24.3 Å². The van der Waals surface area contributed by atoms with E-state index >= 15 is 0 Å². The Bertz CT molecular complexity index is 870. The maximum atomic E-state index is 11.9. The molecule has 1 aromatic heterocycles. The van der Waals surface area contributed by atoms with Gasteiger partial charge in [-0.3, -0.25) is 9.48 Å². The largest absolute Gasteiger partial charge is 0.480 e. The van der Waals surface area contributed by atoms with Gasteiger partial charge in [-0.25, -0.2) is 0 Å². The first-order valence-corrected chi connectivity index (χ1v) is 8.06. The first-order valence-electron chi connectivity index (χ1n) is 8.06. The van der Waals surface area contributed by atoms with Gasteiger partial charge in [-0.15, -0.1) is 0 Å². The molecule has 5 nitrogen and oxygen atoms in total. The first kappa shape index (κ1) is 16.1. The van der Waals surface area contributed by atoms with Crippen molar-refractivity contribution in [2.24, 2.45) is 7.05 Å². The van der Waals surface area contributed by atoms with E-state index in [1.807, 2.05) is 62.6 Å². The second kappa shape index (κ2) is 6.74. The highest BCUT2D eigenvalue weighted by atomic mass is 16.5. The van der Waals surface area contributed by atoms with Crippen molar-refractivity contribution in [1.82, 2.24) is 15.1 Å². The highest BCUT2D eigenvalue weighted by Gasteiger charge is 2.16. The Morgan fingerprint density at radius 3 is 2.62 bits per heavy atom. The Labute approximate surface area is 141 Å². The normalized spacial score (nSPS) is 12.1. The molecule has 0 fully saturated rings. The molecule has 124 valence electrons. The molecule has 0 aliphatic heterocycles. The fourth-order valence-corrected chi connectivity index (χ4v) is 2.72. The van der Waals surface area contributed by atoms with E-state index in [-0.39, 0.29) is 5.91 Å². The topological polar surface area (TPSA) is 56.1 Å². The second-order valence-electron chi connectivity index (χ2n) is 5.69. The van der Waals surface area contributed by atoms with Gasteiger partial charge in [0.15, 0.2) is 6.10 Å². The predicted octanol–water partition coefficient (Wildman–Crippen LogP) is 3.14. The number of ether oxygens (including phenoxy) is 1. The Kier molecular flexibility index (Phi) is 4.51. The van der Waals surface area contributed by atoms with Crippen molar-refractivity contribution >= 4 is 16.7 Å². The first-order chi connectivity index (χ1) is 11.6. The van der Waals surface area contributed by atoms with Crippen molar-refractivity contribution in [3.05, 3.63) is 48.7 Å². The minimum atomic E-state index is -0.547. The van der Waals surface area contributed by atoms with Crippen LogP contribution in [0.15, 0.2) is 48.7 Å². The monoisotopic (exact) mass is 323 g/mol. The van der Waals surface area contributed by atoms with Crippen LogP contribution in [0.4, 0.5) is 0 Å². The minimum Gasteiger partial charge on any atom is -0.480 e. The minimum absolute atomic E-state index is 0.115. The van der Waals surface area contributed by atoms with Crippen molar-refractivity contribution in [1.29, 1.82) is 0 Å². The third kappa shape index (κ3) is 3.11. The number of aromatic nitrogens is 2. The molecule has 0 aliphatic carbocycles. The van der Waals surface area contributed by atoms with E-state index in [2.05, 4.69) is 10.4 Å². The Hall–Kier alpha value is -2.82. The number of carbonyl (C=O) groups excluding carboxylic acids is 1. The molecule has 0 bridgehead atoms. The summed E-state index contributed by atoms with van der Waals surface area (Å²) in [4.78, 5) is 11.9. The van der Waals surface area contributed by atoms with E-state index in [1.165, 1.54) is 0 Å². The summed E-state index contributed by atoms with van der Waals surface area (Å²) in [5.41, 5.74) is 1.96. The molecule has 3 aromatic rings. The van der Waals surface area contributed by atoms with Crippen LogP contribution in [0.3, 0.4) is 0 Å². The zero-order valence-corrected chi connectivity index (χ0v) is 14.1. The van der Waals surface area contributed by atoms with Crippen LogP contribution in [-0.4, -0.2) is 28.3 Å². The van der Waals surface area contributed by atoms with E-state index in [4.69, 9.17) is 4.74 Å². The summed E-state index contributed by atoms with van der Waals surface area (Å²) < 4.78 is 7.68. The lowest BCUT2D eigenvalue weighted by Gasteiger charge is -2.16. The van der Waals surface area contributed by atoms with Gasteiger partial charge in [-0.05, 0) is 37.4 Å². The Morgan fingerprint density at radius 2 is 1.96 bits per heavy atom. The smallest absolute Gasteiger partial charge is 0.260 e. The number of likely N-dealkylation sites (N-methyl/N-ethyl adjacent to an activating group) is 1. The molecule has 2 aromatic carbocycles. The summed E-state index contributed by atoms with van der Waals surface area (Å²) in [6.07, 6.45) is 1.38. The molecule has 1 unspecified atom stereocenters. The van der Waals surface area contributed by atoms with Gasteiger partial charge in [0, 0.05) is 30.7 Å². The standard InChI is InChI=1S/C19H21N3O2/c1-4-20-19(23)13(2)24-18-10-9-15(17-11-12-22(3)21-17)14-7-5-6-8-16(14)18/h5-13H,4H2,1-3H3,(H,20,23). The van der Waals surface area contributed by atoms with Crippen molar-refractivity contribution < 1.29 is 9.53 Å². The van der Waals surface area contributed by atoms with Gasteiger partial charge in [0.05, 0.1) is 5.69 Å². The zero-order chi connectivity index (χ0) is 17.1. The molecule has 0 spiro atoms. The van der Waals surface area contributed by atoms with Crippen molar-refractivity contribution in [3.63, 3.8) is 0 Å². The quantitative estimate of drug-likeness (QED) is 0.785. The highest BCUT2D eigenvalue weighted by Crippen LogP contribution is 2.34. The van der Waals surface area contributed by atoms with Crippen LogP contribution in [0.5, 0.6) is 5.75 Å². The van der Waals surface area contributed by atoms with E-state index in [1.54, 1.807) is 11.6 Å². The lowest BCUT2D eigenvalue weighted by atomic mass is 10.0. The van der Waals surface area contributed by atoms with E-state index < -0.39 is 6.10 Å². The molecule has 1 atom stereocenters. The van der Waals surface area contributed by atoms with E-state index in [9.17, 15) is 4.79 Å². The van der Waals surface area contributed by atoms with Crippen molar-refractivity contribution in [2.45, 2.75) is 20.0 Å². The number of hydrogen-bond donors (Lipinski definition) is 1. The maximum absolute atomic E-state index is 11.9. The van der Waals surface area contributed by atoms with Gasteiger partial charge in [0.1, 0.15) is 5.75 Å². The average Bonchev–Trinajstić information content (AvgIpc) is 3.01. The van der Waals surface area contributed by atoms with Crippen LogP contribution in [-0.2, 0) is 11.8 Å². The molecular formula is C19H21N3O2. The number of benzene rings is 2. The number of nitrogens with zero attached hydrogens (tertiary/aromatic N) is 2. The van der Waals surface area contributed by atoms with Crippen LogP contribution in [0, 0.1) is 0 Å². The van der Waals surface area contributed by atoms with Crippen LogP contribution < -0.4 is 10.1 Å². The van der Waals surface area contributed by atoms with Crippen LogP contribution in [0.2, 0.25) is 0 Å². The van der Waals surface area contributed by atoms with Crippen molar-refractivity contribution in [3.8, 4) is 17.0 Å². The third-order valence-corrected chi connectivity index (χ3v) is 3.90. The second-order valence-corrected chi connectivity index (χ2v) is 5.69. The summed E-state index contributed by atoms with van der Waals surface area (Å²) in [6.45, 7) is 4.24. The number of hydrogen-bond acceptors (Lipinski definition) is 3. The SMILES string of the molecule is CCNC(=O)C(C)Oc1ccc(-c2ccn(C)n2)c2ccccc12. The molecule has 3 rings (SSSR count). The Balaban J connectivity index is 2.01. The zero-order valence-electron chi connectivity index (χ0n) is 14.1. The molecule has 1 amide bonds. The summed E-state index contributed by atoms with van der Waals surface area (Å²) in [5, 5.41) is 9.28. The molecule has 0 aliphatic rings. The van der Waals surface area contributed by atoms with Gasteiger partial charge in [0.25, 0.3) is 5.91 Å². The number of rotatable bonds is 5. The molecule has 0 saturated heterocycles. The Morgan fingerprint density at radius 1 is 1.21 bits per heavy atom. The van der Waals surface area contributed by atoms with Crippen LogP contribution in [0.25, 0.3) is 22.0 Å². The summed E-state index contributed by atoms with van der Waals surface area (Å²) in [7, 11) is 1.90. The number of amides is 1. The summed E-state index contributed by atoms with van der Waals surface area (Å²) in [6, 6.07) is 13.9. The molecular weight excluding hydrogens is 302 g/mol. The lowest BCUT2D eigenvalue weighted by molar-refractivity contribution is -0.127. The predicted molar refractivity (Wildman–Crippen MR) is 94.9 cm³/mol. The number of fused-ring (bicyclic) bond motifs is 1. The lowest BCUT2D eigenvalue weighted by Crippen LogP contribution is -2.36. The van der Waals surface area contributed by atoms with Crippen LogP contribution in [0.1, 0.15) is 13.8 Å². The fraction of sp³-hybridized carbons (Fsp3) is 0.263. The van der Waals surface area contributed by atoms with Gasteiger partial charge >= 0.3 is 0 Å². The summed E-state index contributed by atoms with van der Waals surface area (Å²) >= 11 is 0. The van der Waals surface area contributed by atoms with Crippen LogP contribution >= 0.6 is 0 Å². The molecule has 1 N–H and O–H groups in total. The highest BCUT2D eigenvalue weighted by molar-refractivity contribution is 5.99. The van der Waals surface area contributed by atoms with E-state index in [0.717, 1.165) is 22.0 Å². The number of nitrogens with one attached hydrogen (secondary N) is 1. The fourth-order valence-electron chi connectivity index (χ4n) is 2.72. The number of aryl methyl sites for hydroxylation is 1. The average molecular weight is 323 g/mol. The molecule has 5 heteroatoms. The van der Waals surface area contributed by atoms with E-state index in [0.29, 0.717) is 12.3 Å².